The topological polar surface area (TPSA) is 40.5 Å². The van der Waals surface area contributed by atoms with E-state index in [0.29, 0.717) is 18.8 Å². The Bertz CT molecular complexity index is 881. The van der Waals surface area contributed by atoms with Gasteiger partial charge in [-0.25, -0.2) is 4.39 Å². The smallest absolute Gasteiger partial charge is 0.115 e. The molecule has 0 aliphatic heterocycles. The number of phenols is 1. The lowest BCUT2D eigenvalue weighted by Gasteiger charge is -2.54. The minimum absolute atomic E-state index is 0.152. The number of benzene rings is 2. The summed E-state index contributed by atoms with van der Waals surface area (Å²) in [6, 6.07) is 15.9. The van der Waals surface area contributed by atoms with Gasteiger partial charge in [0, 0.05) is 5.92 Å². The van der Waals surface area contributed by atoms with Crippen LogP contribution in [0.5, 0.6) is 5.75 Å². The molecule has 0 heterocycles. The van der Waals surface area contributed by atoms with E-state index in [4.69, 9.17) is 0 Å². The molecular weight excluding hydrogens is 351 g/mol. The second-order valence-corrected chi connectivity index (χ2v) is 9.74. The summed E-state index contributed by atoms with van der Waals surface area (Å²) in [5, 5.41) is 20.8. The van der Waals surface area contributed by atoms with Crippen molar-refractivity contribution in [3.05, 3.63) is 65.2 Å². The van der Waals surface area contributed by atoms with Crippen LogP contribution in [0.3, 0.4) is 0 Å². The van der Waals surface area contributed by atoms with Gasteiger partial charge in [0.15, 0.2) is 0 Å². The molecular formula is C25H29FO2. The Morgan fingerprint density at radius 1 is 1.07 bits per heavy atom. The molecule has 0 spiro atoms. The summed E-state index contributed by atoms with van der Waals surface area (Å²) in [6.07, 6.45) is 0.767. The van der Waals surface area contributed by atoms with Crippen LogP contribution in [0.25, 0.3) is 0 Å². The van der Waals surface area contributed by atoms with Crippen molar-refractivity contribution >= 4 is 0 Å². The summed E-state index contributed by atoms with van der Waals surface area (Å²) in [6.45, 7) is 4.35. The molecule has 2 fully saturated rings. The van der Waals surface area contributed by atoms with Crippen molar-refractivity contribution in [2.45, 2.75) is 57.2 Å². The third-order valence-corrected chi connectivity index (χ3v) is 8.15. The van der Waals surface area contributed by atoms with E-state index in [2.05, 4.69) is 38.1 Å². The maximum atomic E-state index is 15.8. The molecule has 2 aromatic carbocycles. The molecule has 0 saturated heterocycles. The fourth-order valence-electron chi connectivity index (χ4n) is 7.16. The fraction of sp³-hybridized carbons (Fsp3) is 0.520. The number of aliphatic hydroxyl groups excluding tert-OH is 1. The van der Waals surface area contributed by atoms with Gasteiger partial charge in [-0.05, 0) is 77.2 Å². The fourth-order valence-corrected chi connectivity index (χ4v) is 7.16. The molecule has 2 aromatic rings. The van der Waals surface area contributed by atoms with Crippen molar-refractivity contribution in [1.29, 1.82) is 0 Å². The number of aliphatic hydroxyl groups is 1. The number of hydrogen-bond donors (Lipinski definition) is 2. The van der Waals surface area contributed by atoms with E-state index in [1.807, 2.05) is 18.2 Å². The van der Waals surface area contributed by atoms with Gasteiger partial charge in [-0.2, -0.15) is 0 Å². The first-order chi connectivity index (χ1) is 13.4. The number of rotatable bonds is 1. The maximum absolute atomic E-state index is 15.8. The predicted molar refractivity (Wildman–Crippen MR) is 108 cm³/mol. The molecule has 0 amide bonds. The summed E-state index contributed by atoms with van der Waals surface area (Å²) in [4.78, 5) is 0. The standard InChI is InChI=1S/C25H29FO2/c1-14-21(28)13-25(2)12-20(26)22-18-9-8-17(27)10-16(18)11-19(23(22)24(14)25)15-6-4-3-5-7-15/h3-10,14,19-24,27-28H,11-13H2,1-2H3/t14-,19-,20?,21+,22-,23+,24-,25+/m0/s1. The lowest BCUT2D eigenvalue weighted by Crippen LogP contribution is -2.49. The van der Waals surface area contributed by atoms with Gasteiger partial charge in [0.2, 0.25) is 0 Å². The van der Waals surface area contributed by atoms with E-state index < -0.39 is 6.17 Å². The zero-order valence-corrected chi connectivity index (χ0v) is 16.6. The SMILES string of the molecule is C[C@@H]1[C@H]2[C@@H]3[C@H](c4ccccc4)Cc4cc(O)ccc4[C@H]3C(F)C[C@]2(C)C[C@H]1O. The van der Waals surface area contributed by atoms with Crippen molar-refractivity contribution in [2.24, 2.45) is 23.2 Å². The highest BCUT2D eigenvalue weighted by Gasteiger charge is 2.61. The van der Waals surface area contributed by atoms with Crippen LogP contribution >= 0.6 is 0 Å². The number of fused-ring (bicyclic) bond motifs is 5. The van der Waals surface area contributed by atoms with Gasteiger partial charge in [0.05, 0.1) is 6.10 Å². The number of hydrogen-bond acceptors (Lipinski definition) is 2. The largest absolute Gasteiger partial charge is 0.508 e. The minimum Gasteiger partial charge on any atom is -0.508 e. The number of halogens is 1. The number of aromatic hydroxyl groups is 1. The lowest BCUT2D eigenvalue weighted by molar-refractivity contribution is -0.0235. The number of phenolic OH excluding ortho intramolecular Hbond substituents is 1. The molecule has 3 aliphatic carbocycles. The summed E-state index contributed by atoms with van der Waals surface area (Å²) in [5.74, 6) is 0.933. The Kier molecular flexibility index (Phi) is 4.10. The van der Waals surface area contributed by atoms with Crippen LogP contribution in [0, 0.1) is 23.2 Å². The van der Waals surface area contributed by atoms with Crippen molar-refractivity contribution < 1.29 is 14.6 Å². The summed E-state index contributed by atoms with van der Waals surface area (Å²) >= 11 is 0. The second kappa shape index (κ2) is 6.32. The average molecular weight is 381 g/mol. The van der Waals surface area contributed by atoms with Crippen LogP contribution < -0.4 is 0 Å². The Hall–Kier alpha value is -1.87. The first-order valence-corrected chi connectivity index (χ1v) is 10.6. The van der Waals surface area contributed by atoms with Gasteiger partial charge in [0.25, 0.3) is 0 Å². The van der Waals surface area contributed by atoms with Gasteiger partial charge in [-0.1, -0.05) is 50.2 Å². The Balaban J connectivity index is 1.70. The Morgan fingerprint density at radius 3 is 2.57 bits per heavy atom. The van der Waals surface area contributed by atoms with E-state index in [1.54, 1.807) is 6.07 Å². The molecule has 3 heteroatoms. The highest BCUT2D eigenvalue weighted by atomic mass is 19.1. The van der Waals surface area contributed by atoms with E-state index in [-0.39, 0.29) is 40.9 Å². The Morgan fingerprint density at radius 2 is 1.82 bits per heavy atom. The van der Waals surface area contributed by atoms with Crippen LogP contribution in [0.15, 0.2) is 48.5 Å². The Labute approximate surface area is 166 Å². The third kappa shape index (κ3) is 2.55. The van der Waals surface area contributed by atoms with Gasteiger partial charge in [-0.15, -0.1) is 0 Å². The van der Waals surface area contributed by atoms with Crippen molar-refractivity contribution in [1.82, 2.24) is 0 Å². The van der Waals surface area contributed by atoms with Crippen LogP contribution in [-0.4, -0.2) is 22.5 Å². The van der Waals surface area contributed by atoms with Gasteiger partial charge in [0.1, 0.15) is 11.9 Å². The van der Waals surface area contributed by atoms with E-state index in [9.17, 15) is 10.2 Å². The molecule has 148 valence electrons. The molecule has 3 aliphatic rings. The van der Waals surface area contributed by atoms with E-state index in [1.165, 1.54) is 5.56 Å². The van der Waals surface area contributed by atoms with Crippen molar-refractivity contribution in [3.8, 4) is 5.75 Å². The van der Waals surface area contributed by atoms with Crippen LogP contribution in [-0.2, 0) is 6.42 Å². The van der Waals surface area contributed by atoms with E-state index in [0.717, 1.165) is 17.5 Å². The molecule has 2 nitrogen and oxygen atoms in total. The van der Waals surface area contributed by atoms with Crippen LogP contribution in [0.1, 0.15) is 55.2 Å². The highest BCUT2D eigenvalue weighted by Crippen LogP contribution is 2.65. The first-order valence-electron chi connectivity index (χ1n) is 10.6. The van der Waals surface area contributed by atoms with Crippen molar-refractivity contribution in [2.75, 3.05) is 0 Å². The molecule has 28 heavy (non-hydrogen) atoms. The second-order valence-electron chi connectivity index (χ2n) is 9.74. The molecule has 0 radical (unpaired) electrons. The van der Waals surface area contributed by atoms with E-state index >= 15 is 4.39 Å². The van der Waals surface area contributed by atoms with Crippen LogP contribution in [0.2, 0.25) is 0 Å². The van der Waals surface area contributed by atoms with Gasteiger partial charge in [-0.3, -0.25) is 0 Å². The zero-order chi connectivity index (χ0) is 19.6. The molecule has 5 rings (SSSR count). The molecule has 2 saturated carbocycles. The highest BCUT2D eigenvalue weighted by molar-refractivity contribution is 5.44. The quantitative estimate of drug-likeness (QED) is 0.714. The predicted octanol–water partition coefficient (Wildman–Crippen LogP) is 5.20. The normalized spacial score (nSPS) is 41.8. The van der Waals surface area contributed by atoms with Gasteiger partial charge >= 0.3 is 0 Å². The average Bonchev–Trinajstić information content (AvgIpc) is 2.89. The number of alkyl halides is 1. The first kappa shape index (κ1) is 18.2. The molecule has 0 aromatic heterocycles. The van der Waals surface area contributed by atoms with Gasteiger partial charge < -0.3 is 10.2 Å². The molecule has 0 bridgehead atoms. The minimum atomic E-state index is -0.918. The van der Waals surface area contributed by atoms with Crippen molar-refractivity contribution in [3.63, 3.8) is 0 Å². The summed E-state index contributed by atoms with van der Waals surface area (Å²) in [5.41, 5.74) is 3.24. The third-order valence-electron chi connectivity index (χ3n) is 8.15. The van der Waals surface area contributed by atoms with Crippen LogP contribution in [0.4, 0.5) is 4.39 Å². The zero-order valence-electron chi connectivity index (χ0n) is 16.6. The maximum Gasteiger partial charge on any atom is 0.115 e. The molecule has 8 atom stereocenters. The summed E-state index contributed by atoms with van der Waals surface area (Å²) in [7, 11) is 0. The summed E-state index contributed by atoms with van der Waals surface area (Å²) < 4.78 is 15.8. The molecule has 1 unspecified atom stereocenters. The lowest BCUT2D eigenvalue weighted by atomic mass is 9.50. The molecule has 2 N–H and O–H groups in total. The monoisotopic (exact) mass is 380 g/mol.